The lowest BCUT2D eigenvalue weighted by Gasteiger charge is -2.34. The summed E-state index contributed by atoms with van der Waals surface area (Å²) < 4.78 is 31.2. The summed E-state index contributed by atoms with van der Waals surface area (Å²) in [6.45, 7) is 2.69. The van der Waals surface area contributed by atoms with E-state index in [0.29, 0.717) is 32.4 Å². The van der Waals surface area contributed by atoms with E-state index in [0.717, 1.165) is 6.42 Å². The molecule has 2 aliphatic heterocycles. The Morgan fingerprint density at radius 2 is 2.04 bits per heavy atom. The summed E-state index contributed by atoms with van der Waals surface area (Å²) in [4.78, 5) is 25.1. The highest BCUT2D eigenvalue weighted by atomic mass is 32.2. The first-order chi connectivity index (χ1) is 10.9. The number of carboxylic acids is 1. The maximum Gasteiger partial charge on any atom is 0.334 e. The summed E-state index contributed by atoms with van der Waals surface area (Å²) in [5.41, 5.74) is 0. The van der Waals surface area contributed by atoms with Crippen LogP contribution in [-0.2, 0) is 24.3 Å². The summed E-state index contributed by atoms with van der Waals surface area (Å²) in [7, 11) is -3.45. The van der Waals surface area contributed by atoms with E-state index in [9.17, 15) is 18.0 Å². The number of sulfonamides is 1. The molecule has 132 valence electrons. The minimum atomic E-state index is -3.45. The molecule has 0 aromatic rings. The van der Waals surface area contributed by atoms with Crippen LogP contribution in [-0.4, -0.2) is 78.7 Å². The fourth-order valence-corrected chi connectivity index (χ4v) is 4.85. The van der Waals surface area contributed by atoms with Crippen molar-refractivity contribution in [3.8, 4) is 0 Å². The van der Waals surface area contributed by atoms with E-state index in [4.69, 9.17) is 9.84 Å². The third-order valence-corrected chi connectivity index (χ3v) is 6.21. The van der Waals surface area contributed by atoms with Crippen LogP contribution >= 0.6 is 0 Å². The standard InChI is InChI=1S/C14H24N2O6S/c1-2-3-9-23(20,21)16-6-4-5-11(16)13(17)15-7-8-22-12(10-15)14(18)19/h11-12H,2-10H2,1H3,(H,18,19). The molecule has 2 heterocycles. The van der Waals surface area contributed by atoms with Crippen molar-refractivity contribution in [3.63, 3.8) is 0 Å². The van der Waals surface area contributed by atoms with Crippen molar-refractivity contribution in [2.75, 3.05) is 32.0 Å². The molecular formula is C14H24N2O6S. The number of morpholine rings is 1. The van der Waals surface area contributed by atoms with Crippen molar-refractivity contribution in [1.29, 1.82) is 0 Å². The van der Waals surface area contributed by atoms with Gasteiger partial charge in [0, 0.05) is 13.1 Å². The van der Waals surface area contributed by atoms with E-state index in [1.165, 1.54) is 9.21 Å². The number of amides is 1. The number of nitrogens with zero attached hydrogens (tertiary/aromatic N) is 2. The highest BCUT2D eigenvalue weighted by Crippen LogP contribution is 2.24. The molecule has 2 saturated heterocycles. The average molecular weight is 348 g/mol. The van der Waals surface area contributed by atoms with Gasteiger partial charge in [0.05, 0.1) is 18.9 Å². The van der Waals surface area contributed by atoms with Gasteiger partial charge in [-0.3, -0.25) is 4.79 Å². The lowest BCUT2D eigenvalue weighted by molar-refractivity contribution is -0.160. The van der Waals surface area contributed by atoms with Gasteiger partial charge in [-0.25, -0.2) is 13.2 Å². The minimum Gasteiger partial charge on any atom is -0.479 e. The maximum atomic E-state index is 12.7. The second kappa shape index (κ2) is 7.59. The van der Waals surface area contributed by atoms with Gasteiger partial charge < -0.3 is 14.7 Å². The quantitative estimate of drug-likeness (QED) is 0.718. The molecule has 1 amide bonds. The Kier molecular flexibility index (Phi) is 5.99. The first kappa shape index (κ1) is 18.2. The molecule has 0 spiro atoms. The monoisotopic (exact) mass is 348 g/mol. The molecule has 2 fully saturated rings. The SMILES string of the molecule is CCCCS(=O)(=O)N1CCCC1C(=O)N1CCOC(C(=O)O)C1. The molecule has 0 saturated carbocycles. The topological polar surface area (TPSA) is 104 Å². The lowest BCUT2D eigenvalue weighted by atomic mass is 10.1. The van der Waals surface area contributed by atoms with Gasteiger partial charge >= 0.3 is 5.97 Å². The summed E-state index contributed by atoms with van der Waals surface area (Å²) in [5, 5.41) is 9.01. The number of rotatable bonds is 6. The van der Waals surface area contributed by atoms with Crippen LogP contribution in [0.4, 0.5) is 0 Å². The molecule has 1 N–H and O–H groups in total. The summed E-state index contributed by atoms with van der Waals surface area (Å²) in [6, 6.07) is -0.704. The number of hydrogen-bond donors (Lipinski definition) is 1. The van der Waals surface area contributed by atoms with Crippen molar-refractivity contribution in [3.05, 3.63) is 0 Å². The zero-order valence-corrected chi connectivity index (χ0v) is 14.1. The molecule has 9 heteroatoms. The predicted octanol–water partition coefficient (Wildman–Crippen LogP) is -0.107. The number of aliphatic carboxylic acids is 1. The Hall–Kier alpha value is -1.19. The number of unbranched alkanes of at least 4 members (excludes halogenated alkanes) is 1. The molecule has 0 aromatic heterocycles. The maximum absolute atomic E-state index is 12.7. The Morgan fingerprint density at radius 1 is 1.30 bits per heavy atom. The fraction of sp³-hybridized carbons (Fsp3) is 0.857. The zero-order valence-electron chi connectivity index (χ0n) is 13.3. The van der Waals surface area contributed by atoms with Crippen LogP contribution in [0.25, 0.3) is 0 Å². The molecule has 2 atom stereocenters. The molecule has 23 heavy (non-hydrogen) atoms. The highest BCUT2D eigenvalue weighted by molar-refractivity contribution is 7.89. The van der Waals surface area contributed by atoms with Gasteiger partial charge in [0.2, 0.25) is 15.9 Å². The first-order valence-electron chi connectivity index (χ1n) is 7.99. The number of carboxylic acid groups (broad SMARTS) is 1. The molecule has 2 rings (SSSR count). The van der Waals surface area contributed by atoms with Crippen LogP contribution in [0, 0.1) is 0 Å². The van der Waals surface area contributed by atoms with E-state index >= 15 is 0 Å². The Balaban J connectivity index is 2.07. The van der Waals surface area contributed by atoms with Gasteiger partial charge in [0.1, 0.15) is 6.04 Å². The van der Waals surface area contributed by atoms with Gasteiger partial charge in [-0.1, -0.05) is 13.3 Å². The highest BCUT2D eigenvalue weighted by Gasteiger charge is 2.41. The van der Waals surface area contributed by atoms with E-state index in [1.54, 1.807) is 0 Å². The molecule has 2 unspecified atom stereocenters. The smallest absolute Gasteiger partial charge is 0.334 e. The van der Waals surface area contributed by atoms with Crippen molar-refractivity contribution >= 4 is 21.9 Å². The molecule has 2 aliphatic rings. The number of ether oxygens (including phenoxy) is 1. The van der Waals surface area contributed by atoms with Crippen molar-refractivity contribution in [1.82, 2.24) is 9.21 Å². The van der Waals surface area contributed by atoms with Crippen LogP contribution in [0.15, 0.2) is 0 Å². The van der Waals surface area contributed by atoms with Crippen LogP contribution in [0.2, 0.25) is 0 Å². The summed E-state index contributed by atoms with van der Waals surface area (Å²) >= 11 is 0. The number of carbonyl (C=O) groups is 2. The van der Waals surface area contributed by atoms with Gasteiger partial charge in [-0.2, -0.15) is 4.31 Å². The summed E-state index contributed by atoms with van der Waals surface area (Å²) in [5.74, 6) is -1.37. The molecule has 0 aliphatic carbocycles. The van der Waals surface area contributed by atoms with Crippen molar-refractivity contribution in [2.45, 2.75) is 44.8 Å². The molecule has 0 radical (unpaired) electrons. The summed E-state index contributed by atoms with van der Waals surface area (Å²) in [6.07, 6.45) is 1.43. The van der Waals surface area contributed by atoms with Crippen LogP contribution in [0.3, 0.4) is 0 Å². The normalized spacial score (nSPS) is 26.4. The Labute approximate surface area is 136 Å². The van der Waals surface area contributed by atoms with Gasteiger partial charge in [0.25, 0.3) is 0 Å². The Morgan fingerprint density at radius 3 is 2.70 bits per heavy atom. The average Bonchev–Trinajstić information content (AvgIpc) is 3.03. The van der Waals surface area contributed by atoms with Gasteiger partial charge in [0.15, 0.2) is 6.10 Å². The van der Waals surface area contributed by atoms with Crippen molar-refractivity contribution < 1.29 is 27.9 Å². The molecular weight excluding hydrogens is 324 g/mol. The van der Waals surface area contributed by atoms with E-state index in [-0.39, 0.29) is 24.8 Å². The van der Waals surface area contributed by atoms with Crippen LogP contribution < -0.4 is 0 Å². The second-order valence-corrected chi connectivity index (χ2v) is 7.96. The van der Waals surface area contributed by atoms with Gasteiger partial charge in [-0.15, -0.1) is 0 Å². The van der Waals surface area contributed by atoms with Crippen LogP contribution in [0.5, 0.6) is 0 Å². The first-order valence-corrected chi connectivity index (χ1v) is 9.60. The molecule has 8 nitrogen and oxygen atoms in total. The third-order valence-electron chi connectivity index (χ3n) is 4.26. The largest absolute Gasteiger partial charge is 0.479 e. The fourth-order valence-electron chi connectivity index (χ4n) is 2.97. The van der Waals surface area contributed by atoms with E-state index in [1.807, 2.05) is 6.92 Å². The predicted molar refractivity (Wildman–Crippen MR) is 82.4 cm³/mol. The van der Waals surface area contributed by atoms with E-state index in [2.05, 4.69) is 0 Å². The van der Waals surface area contributed by atoms with Crippen molar-refractivity contribution in [2.24, 2.45) is 0 Å². The molecule has 0 aromatic carbocycles. The Bertz CT molecular complexity index is 549. The van der Waals surface area contributed by atoms with E-state index < -0.39 is 28.1 Å². The number of hydrogen-bond acceptors (Lipinski definition) is 5. The van der Waals surface area contributed by atoms with Crippen LogP contribution in [0.1, 0.15) is 32.6 Å². The zero-order chi connectivity index (χ0) is 17.0. The number of carbonyl (C=O) groups excluding carboxylic acids is 1. The third kappa shape index (κ3) is 4.21. The molecule has 0 bridgehead atoms. The lowest BCUT2D eigenvalue weighted by Crippen LogP contribution is -2.54. The second-order valence-electron chi connectivity index (χ2n) is 5.92. The minimum absolute atomic E-state index is 0.0342. The van der Waals surface area contributed by atoms with Gasteiger partial charge in [-0.05, 0) is 19.3 Å².